The van der Waals surface area contributed by atoms with Gasteiger partial charge < -0.3 is 10.4 Å². The minimum atomic E-state index is -3.89. The van der Waals surface area contributed by atoms with Crippen LogP contribution in [0.25, 0.3) is 0 Å². The number of benzene rings is 2. The number of carbonyl (C=O) groups excluding carboxylic acids is 1. The number of hydrogen-bond acceptors (Lipinski definition) is 14. The molecule has 0 aliphatic heterocycles. The van der Waals surface area contributed by atoms with E-state index in [0.717, 1.165) is 16.7 Å². The van der Waals surface area contributed by atoms with Crippen LogP contribution in [0.15, 0.2) is 142 Å². The standard InChI is InChI=1S/C14H14N2O3S.C7H7ClO2S.C7H8N2O.C7H7NO.ClH.H3NO/c1-11-5-7-14(8-6-11)20(17,18)19-16-12(2)13-4-3-9-15-10-13;1-6-2-4-7(5-3-6)11(8,9)10;1-6(9-10)7-3-2-4-8-5-7;1-6(9)7-3-2-4-8-5-7;;1-2/h3-10H,1-2H3;2-5H,1H3;2-5,10H,1H3;2-5H,1H3;1H;2H,1H2/b16-12+;;9-6+;;;. The van der Waals surface area contributed by atoms with Gasteiger partial charge >= 0.3 is 10.1 Å². The Hall–Kier alpha value is -5.10. The lowest BCUT2D eigenvalue weighted by Gasteiger charge is -2.03. The molecule has 0 spiro atoms. The zero-order chi connectivity index (χ0) is 39.2. The highest BCUT2D eigenvalue weighted by Gasteiger charge is 2.15. The van der Waals surface area contributed by atoms with Gasteiger partial charge in [0.15, 0.2) is 5.78 Å². The van der Waals surface area contributed by atoms with Gasteiger partial charge in [-0.3, -0.25) is 24.0 Å². The predicted molar refractivity (Wildman–Crippen MR) is 206 cm³/mol. The summed E-state index contributed by atoms with van der Waals surface area (Å²) in [5.74, 6) is 3.56. The van der Waals surface area contributed by atoms with Crippen molar-refractivity contribution in [2.75, 3.05) is 0 Å². The van der Waals surface area contributed by atoms with E-state index in [9.17, 15) is 21.6 Å². The zero-order valence-electron chi connectivity index (χ0n) is 29.3. The van der Waals surface area contributed by atoms with E-state index in [2.05, 4.69) is 31.2 Å². The molecule has 3 heterocycles. The largest absolute Gasteiger partial charge is 0.411 e. The molecule has 0 amide bonds. The molecule has 0 saturated carbocycles. The third-order valence-corrected chi connectivity index (χ3v) is 8.75. The van der Waals surface area contributed by atoms with E-state index in [4.69, 9.17) is 25.4 Å². The number of rotatable bonds is 7. The van der Waals surface area contributed by atoms with Gasteiger partial charge in [-0.25, -0.2) is 14.3 Å². The summed E-state index contributed by atoms with van der Waals surface area (Å²) in [5.41, 5.74) is 5.20. The molecule has 0 aliphatic rings. The topological polar surface area (TPSA) is 224 Å². The van der Waals surface area contributed by atoms with Crippen LogP contribution < -0.4 is 5.90 Å². The molecule has 0 radical (unpaired) electrons. The van der Waals surface area contributed by atoms with Crippen LogP contribution >= 0.6 is 23.1 Å². The minimum absolute atomic E-state index is 0. The number of nitrogens with two attached hydrogens (primary N) is 1. The molecule has 2 aromatic carbocycles. The molecule has 5 rings (SSSR count). The van der Waals surface area contributed by atoms with Crippen LogP contribution in [0.3, 0.4) is 0 Å². The Bertz CT molecular complexity index is 2080. The van der Waals surface area contributed by atoms with Crippen LogP contribution in [-0.2, 0) is 23.5 Å². The lowest BCUT2D eigenvalue weighted by molar-refractivity contribution is 0.101. The maximum absolute atomic E-state index is 11.9. The van der Waals surface area contributed by atoms with E-state index < -0.39 is 19.2 Å². The Balaban J connectivity index is 0.000000705. The summed E-state index contributed by atoms with van der Waals surface area (Å²) in [6, 6.07) is 23.4. The Morgan fingerprint density at radius 1 is 0.660 bits per heavy atom. The summed E-state index contributed by atoms with van der Waals surface area (Å²) >= 11 is 0. The molecule has 14 nitrogen and oxygen atoms in total. The number of nitrogens with zero attached hydrogens (tertiary/aromatic N) is 5. The third-order valence-electron chi connectivity index (χ3n) is 6.26. The molecule has 53 heavy (non-hydrogen) atoms. The SMILES string of the molecule is C/C(=N\O)c1cccnc1.C/C(=N\OS(=O)(=O)c1ccc(C)cc1)c1cccnc1.CC(=O)c1cccnc1.Cc1ccc(S(=O)(=O)Cl)cc1.Cl.NO. The van der Waals surface area contributed by atoms with Gasteiger partial charge in [0.2, 0.25) is 0 Å². The van der Waals surface area contributed by atoms with Crippen molar-refractivity contribution in [3.63, 3.8) is 0 Å². The van der Waals surface area contributed by atoms with Gasteiger partial charge in [0.1, 0.15) is 4.90 Å². The number of hydrogen-bond donors (Lipinski definition) is 3. The van der Waals surface area contributed by atoms with Crippen molar-refractivity contribution in [2.45, 2.75) is 44.4 Å². The fourth-order valence-electron chi connectivity index (χ4n) is 3.39. The van der Waals surface area contributed by atoms with Gasteiger partial charge in [-0.15, -0.1) is 12.4 Å². The van der Waals surface area contributed by atoms with Crippen molar-refractivity contribution in [3.05, 3.63) is 150 Å². The van der Waals surface area contributed by atoms with Crippen molar-refractivity contribution < 1.29 is 36.3 Å². The Kier molecular flexibility index (Phi) is 22.6. The number of carbonyl (C=O) groups is 1. The van der Waals surface area contributed by atoms with Crippen LogP contribution in [-0.4, -0.2) is 59.4 Å². The molecule has 0 aliphatic carbocycles. The fourth-order valence-corrected chi connectivity index (χ4v) is 4.92. The lowest BCUT2D eigenvalue weighted by Crippen LogP contribution is -2.05. The van der Waals surface area contributed by atoms with E-state index >= 15 is 0 Å². The maximum atomic E-state index is 11.9. The molecule has 4 N–H and O–H groups in total. The average molecular weight is 808 g/mol. The average Bonchev–Trinajstić information content (AvgIpc) is 3.16. The molecule has 3 aromatic heterocycles. The number of aryl methyl sites for hydroxylation is 2. The summed E-state index contributed by atoms with van der Waals surface area (Å²) in [6.45, 7) is 8.66. The Labute approximate surface area is 320 Å². The van der Waals surface area contributed by atoms with Gasteiger partial charge in [-0.2, -0.15) is 8.42 Å². The zero-order valence-corrected chi connectivity index (χ0v) is 32.5. The molecule has 0 fully saturated rings. The fraction of sp³-hybridized carbons (Fsp3) is 0.143. The molecule has 284 valence electrons. The van der Waals surface area contributed by atoms with Crippen molar-refractivity contribution >= 4 is 59.5 Å². The molecule has 5 aromatic rings. The molecule has 0 unspecified atom stereocenters. The first-order valence-electron chi connectivity index (χ1n) is 14.9. The monoisotopic (exact) mass is 806 g/mol. The smallest absolute Gasteiger partial charge is 0.358 e. The first-order valence-corrected chi connectivity index (χ1v) is 18.6. The molecule has 0 saturated heterocycles. The second-order valence-electron chi connectivity index (χ2n) is 10.2. The highest BCUT2D eigenvalue weighted by atomic mass is 35.7. The quantitative estimate of drug-likeness (QED) is 0.0510. The van der Waals surface area contributed by atoms with Crippen LogP contribution in [0, 0.1) is 13.8 Å². The normalized spacial score (nSPS) is 10.8. The molecule has 18 heteroatoms. The van der Waals surface area contributed by atoms with E-state index in [-0.39, 0.29) is 28.0 Å². The Morgan fingerprint density at radius 3 is 1.36 bits per heavy atom. The highest BCUT2D eigenvalue weighted by molar-refractivity contribution is 8.13. The van der Waals surface area contributed by atoms with Gasteiger partial charge in [0.05, 0.1) is 16.3 Å². The minimum Gasteiger partial charge on any atom is -0.411 e. The van der Waals surface area contributed by atoms with E-state index in [1.54, 1.807) is 106 Å². The number of ketones is 1. The number of aromatic nitrogens is 3. The van der Waals surface area contributed by atoms with Crippen LogP contribution in [0.1, 0.15) is 53.4 Å². The Morgan fingerprint density at radius 2 is 1.04 bits per heavy atom. The summed E-state index contributed by atoms with van der Waals surface area (Å²) in [7, 11) is -2.35. The van der Waals surface area contributed by atoms with Crippen LogP contribution in [0.5, 0.6) is 0 Å². The van der Waals surface area contributed by atoms with Crippen LogP contribution in [0.4, 0.5) is 0 Å². The number of halogens is 2. The summed E-state index contributed by atoms with van der Waals surface area (Å²) in [6.07, 6.45) is 9.74. The van der Waals surface area contributed by atoms with Gasteiger partial charge in [-0.1, -0.05) is 45.7 Å². The van der Waals surface area contributed by atoms with Gasteiger partial charge in [0.25, 0.3) is 9.05 Å². The summed E-state index contributed by atoms with van der Waals surface area (Å²) < 4.78 is 50.0. The first-order chi connectivity index (χ1) is 24.6. The maximum Gasteiger partial charge on any atom is 0.358 e. The second-order valence-corrected chi connectivity index (χ2v) is 14.3. The number of Topliss-reactive ketones (excluding diaryl/α,β-unsaturated/α-hetero) is 1. The van der Waals surface area contributed by atoms with Crippen molar-refractivity contribution in [1.82, 2.24) is 15.0 Å². The predicted octanol–water partition coefficient (Wildman–Crippen LogP) is 6.76. The molecular formula is C35H40Cl2N6O8S2. The van der Waals surface area contributed by atoms with E-state index in [1.807, 2.05) is 19.9 Å². The molecular weight excluding hydrogens is 767 g/mol. The van der Waals surface area contributed by atoms with Gasteiger partial charge in [0, 0.05) is 64.6 Å². The van der Waals surface area contributed by atoms with E-state index in [1.165, 1.54) is 31.2 Å². The van der Waals surface area contributed by atoms with Crippen molar-refractivity contribution in [1.29, 1.82) is 0 Å². The number of oxime groups is 2. The third kappa shape index (κ3) is 18.8. The number of pyridine rings is 3. The van der Waals surface area contributed by atoms with Crippen molar-refractivity contribution in [3.8, 4) is 0 Å². The summed E-state index contributed by atoms with van der Waals surface area (Å²) in [4.78, 5) is 22.4. The van der Waals surface area contributed by atoms with E-state index in [0.29, 0.717) is 22.6 Å². The highest BCUT2D eigenvalue weighted by Crippen LogP contribution is 2.15. The second kappa shape index (κ2) is 25.0. The molecule has 0 atom stereocenters. The van der Waals surface area contributed by atoms with Crippen molar-refractivity contribution in [2.24, 2.45) is 16.2 Å². The van der Waals surface area contributed by atoms with Crippen LogP contribution in [0.2, 0.25) is 0 Å². The van der Waals surface area contributed by atoms with Gasteiger partial charge in [-0.05, 0) is 95.3 Å². The summed E-state index contributed by atoms with van der Waals surface area (Å²) in [5, 5.41) is 21.5. The first kappa shape index (κ1) is 47.9. The lowest BCUT2D eigenvalue weighted by atomic mass is 10.2. The molecule has 0 bridgehead atoms.